The molecule has 0 spiro atoms. The molecule has 0 radical (unpaired) electrons. The maximum atomic E-state index is 12.9. The zero-order valence-electron chi connectivity index (χ0n) is 16.5. The number of halogens is 1. The first-order valence-electron chi connectivity index (χ1n) is 9.16. The Labute approximate surface area is 178 Å². The van der Waals surface area contributed by atoms with Gasteiger partial charge in [0.05, 0.1) is 16.2 Å². The summed E-state index contributed by atoms with van der Waals surface area (Å²) in [4.78, 5) is 30.2. The zero-order chi connectivity index (χ0) is 21.1. The number of aromatic nitrogens is 2. The molecule has 0 saturated heterocycles. The average molecular weight is 428 g/mol. The molecule has 0 aliphatic rings. The molecule has 1 heterocycles. The molecule has 1 atom stereocenters. The fraction of sp³-hybridized carbons (Fsp3) is 0.227. The summed E-state index contributed by atoms with van der Waals surface area (Å²) in [6.07, 6.45) is 1.63. The molecule has 150 valence electrons. The van der Waals surface area contributed by atoms with Gasteiger partial charge < -0.3 is 5.32 Å². The first kappa shape index (κ1) is 21.1. The molecule has 0 bridgehead atoms. The molecule has 1 amide bonds. The summed E-state index contributed by atoms with van der Waals surface area (Å²) in [5.74, 6) is -0.160. The standard InChI is InChI=1S/C22H22ClN3O2S/c1-5-10-26-21(28)17-8-7-16(23)12-19(17)25-22(26)29-15(4)20(27)24-18-9-6-13(2)11-14(18)3/h5-9,11-12,15H,1,10H2,2-4H3,(H,24,27). The second kappa shape index (κ2) is 8.84. The van der Waals surface area contributed by atoms with E-state index in [0.717, 1.165) is 16.8 Å². The molecule has 5 nitrogen and oxygen atoms in total. The molecule has 0 aliphatic heterocycles. The molecule has 3 rings (SSSR count). The van der Waals surface area contributed by atoms with Crippen LogP contribution in [0.5, 0.6) is 0 Å². The number of nitrogens with one attached hydrogen (secondary N) is 1. The number of thioether (sulfide) groups is 1. The van der Waals surface area contributed by atoms with E-state index in [1.165, 1.54) is 16.3 Å². The van der Waals surface area contributed by atoms with Crippen LogP contribution in [0.3, 0.4) is 0 Å². The van der Waals surface area contributed by atoms with Gasteiger partial charge in [-0.3, -0.25) is 14.2 Å². The number of hydrogen-bond acceptors (Lipinski definition) is 4. The van der Waals surface area contributed by atoms with Crippen molar-refractivity contribution in [1.29, 1.82) is 0 Å². The lowest BCUT2D eigenvalue weighted by atomic mass is 10.1. The molecular weight excluding hydrogens is 406 g/mol. The normalized spacial score (nSPS) is 12.0. The summed E-state index contributed by atoms with van der Waals surface area (Å²) in [7, 11) is 0. The first-order valence-corrected chi connectivity index (χ1v) is 10.4. The number of carbonyl (C=O) groups excluding carboxylic acids is 1. The van der Waals surface area contributed by atoms with E-state index >= 15 is 0 Å². The summed E-state index contributed by atoms with van der Waals surface area (Å²) in [6, 6.07) is 10.8. The van der Waals surface area contributed by atoms with E-state index in [0.29, 0.717) is 27.6 Å². The van der Waals surface area contributed by atoms with Gasteiger partial charge in [-0.1, -0.05) is 47.1 Å². The number of amides is 1. The van der Waals surface area contributed by atoms with E-state index in [2.05, 4.69) is 16.9 Å². The van der Waals surface area contributed by atoms with Gasteiger partial charge in [-0.25, -0.2) is 4.98 Å². The minimum absolute atomic E-state index is 0.160. The van der Waals surface area contributed by atoms with Crippen LogP contribution in [0.15, 0.2) is 59.0 Å². The Morgan fingerprint density at radius 3 is 2.76 bits per heavy atom. The predicted molar refractivity (Wildman–Crippen MR) is 121 cm³/mol. The summed E-state index contributed by atoms with van der Waals surface area (Å²) >= 11 is 7.29. The van der Waals surface area contributed by atoms with Crippen LogP contribution < -0.4 is 10.9 Å². The molecule has 3 aromatic rings. The maximum Gasteiger partial charge on any atom is 0.262 e. The highest BCUT2D eigenvalue weighted by molar-refractivity contribution is 8.00. The van der Waals surface area contributed by atoms with Crippen LogP contribution in [-0.4, -0.2) is 20.7 Å². The molecule has 29 heavy (non-hydrogen) atoms. The van der Waals surface area contributed by atoms with E-state index in [1.807, 2.05) is 32.0 Å². The van der Waals surface area contributed by atoms with Gasteiger partial charge in [0.1, 0.15) is 0 Å². The molecule has 1 N–H and O–H groups in total. The fourth-order valence-corrected chi connectivity index (χ4v) is 4.04. The van der Waals surface area contributed by atoms with Crippen LogP contribution in [0.25, 0.3) is 10.9 Å². The quantitative estimate of drug-likeness (QED) is 0.342. The van der Waals surface area contributed by atoms with E-state index in [1.54, 1.807) is 31.2 Å². The Hall–Kier alpha value is -2.57. The van der Waals surface area contributed by atoms with Crippen molar-refractivity contribution in [3.8, 4) is 0 Å². The van der Waals surface area contributed by atoms with Crippen LogP contribution in [-0.2, 0) is 11.3 Å². The number of rotatable bonds is 6. The van der Waals surface area contributed by atoms with E-state index in [-0.39, 0.29) is 11.5 Å². The largest absolute Gasteiger partial charge is 0.325 e. The number of nitrogens with zero attached hydrogens (tertiary/aromatic N) is 2. The summed E-state index contributed by atoms with van der Waals surface area (Å²) in [5, 5.41) is 3.92. The third-order valence-electron chi connectivity index (χ3n) is 4.49. The van der Waals surface area contributed by atoms with Gasteiger partial charge in [-0.2, -0.15) is 0 Å². The van der Waals surface area contributed by atoms with Gasteiger partial charge in [0.25, 0.3) is 5.56 Å². The smallest absolute Gasteiger partial charge is 0.262 e. The number of benzene rings is 2. The third kappa shape index (κ3) is 4.71. The third-order valence-corrected chi connectivity index (χ3v) is 5.81. The number of fused-ring (bicyclic) bond motifs is 1. The van der Waals surface area contributed by atoms with Gasteiger partial charge in [0.15, 0.2) is 5.16 Å². The topological polar surface area (TPSA) is 64.0 Å². The number of allylic oxidation sites excluding steroid dienone is 1. The Kier molecular flexibility index (Phi) is 6.45. The number of anilines is 1. The first-order chi connectivity index (χ1) is 13.8. The maximum absolute atomic E-state index is 12.9. The van der Waals surface area contributed by atoms with Crippen LogP contribution in [0.1, 0.15) is 18.1 Å². The molecule has 1 aromatic heterocycles. The molecule has 0 aliphatic carbocycles. The highest BCUT2D eigenvalue weighted by Crippen LogP contribution is 2.25. The lowest BCUT2D eigenvalue weighted by Crippen LogP contribution is -2.27. The van der Waals surface area contributed by atoms with Gasteiger partial charge in [-0.05, 0) is 50.6 Å². The Morgan fingerprint density at radius 2 is 2.07 bits per heavy atom. The number of carbonyl (C=O) groups is 1. The summed E-state index contributed by atoms with van der Waals surface area (Å²) in [6.45, 7) is 9.78. The Morgan fingerprint density at radius 1 is 1.31 bits per heavy atom. The van der Waals surface area contributed by atoms with Crippen LogP contribution in [0, 0.1) is 13.8 Å². The van der Waals surface area contributed by atoms with Crippen molar-refractivity contribution in [1.82, 2.24) is 9.55 Å². The average Bonchev–Trinajstić information content (AvgIpc) is 2.66. The van der Waals surface area contributed by atoms with Crippen molar-refractivity contribution in [3.05, 3.63) is 75.6 Å². The van der Waals surface area contributed by atoms with Crippen molar-refractivity contribution >= 4 is 45.9 Å². The van der Waals surface area contributed by atoms with Crippen LogP contribution >= 0.6 is 23.4 Å². The lowest BCUT2D eigenvalue weighted by molar-refractivity contribution is -0.115. The van der Waals surface area contributed by atoms with Crippen LogP contribution in [0.2, 0.25) is 5.02 Å². The molecule has 7 heteroatoms. The van der Waals surface area contributed by atoms with Gasteiger partial charge in [-0.15, -0.1) is 6.58 Å². The number of aryl methyl sites for hydroxylation is 2. The van der Waals surface area contributed by atoms with Gasteiger partial charge in [0, 0.05) is 17.3 Å². The van der Waals surface area contributed by atoms with E-state index < -0.39 is 5.25 Å². The highest BCUT2D eigenvalue weighted by Gasteiger charge is 2.20. The van der Waals surface area contributed by atoms with Crippen molar-refractivity contribution in [2.24, 2.45) is 0 Å². The number of hydrogen-bond donors (Lipinski definition) is 1. The molecule has 2 aromatic carbocycles. The molecule has 0 fully saturated rings. The van der Waals surface area contributed by atoms with Crippen molar-refractivity contribution in [2.45, 2.75) is 37.7 Å². The molecular formula is C22H22ClN3O2S. The fourth-order valence-electron chi connectivity index (χ4n) is 2.95. The minimum Gasteiger partial charge on any atom is -0.325 e. The molecule has 1 unspecified atom stereocenters. The summed E-state index contributed by atoms with van der Waals surface area (Å²) in [5.41, 5.74) is 3.23. The van der Waals surface area contributed by atoms with Crippen molar-refractivity contribution in [2.75, 3.05) is 5.32 Å². The minimum atomic E-state index is -0.463. The van der Waals surface area contributed by atoms with E-state index in [9.17, 15) is 9.59 Å². The second-order valence-electron chi connectivity index (χ2n) is 6.83. The van der Waals surface area contributed by atoms with Gasteiger partial charge in [0.2, 0.25) is 5.91 Å². The second-order valence-corrected chi connectivity index (χ2v) is 8.57. The van der Waals surface area contributed by atoms with E-state index in [4.69, 9.17) is 11.6 Å². The van der Waals surface area contributed by atoms with Crippen molar-refractivity contribution in [3.63, 3.8) is 0 Å². The lowest BCUT2D eigenvalue weighted by Gasteiger charge is -2.16. The van der Waals surface area contributed by atoms with Crippen LogP contribution in [0.4, 0.5) is 5.69 Å². The van der Waals surface area contributed by atoms with Gasteiger partial charge >= 0.3 is 0 Å². The SMILES string of the molecule is C=CCn1c(SC(C)C(=O)Nc2ccc(C)cc2C)nc2cc(Cl)ccc2c1=O. The Balaban J connectivity index is 1.91. The summed E-state index contributed by atoms with van der Waals surface area (Å²) < 4.78 is 1.52. The monoisotopic (exact) mass is 427 g/mol. The molecule has 0 saturated carbocycles. The highest BCUT2D eigenvalue weighted by atomic mass is 35.5. The van der Waals surface area contributed by atoms with Crippen molar-refractivity contribution < 1.29 is 4.79 Å². The zero-order valence-corrected chi connectivity index (χ0v) is 18.1. The predicted octanol–water partition coefficient (Wildman–Crippen LogP) is 4.97. The Bertz CT molecular complexity index is 1160.